The molecule has 2 aromatic heterocycles. The molecule has 1 fully saturated rings. The Morgan fingerprint density at radius 3 is 2.62 bits per heavy atom. The van der Waals surface area contributed by atoms with E-state index in [1.807, 2.05) is 5.38 Å². The van der Waals surface area contributed by atoms with Gasteiger partial charge in [-0.3, -0.25) is 14.5 Å². The standard InChI is InChI=1S/C22H18N2O6S2/c1-11-19(21(28)30-3)32-22(23-11)24-16(14-8-5-9-31-14)15(18(26)20(24)27)17(25)12-6-4-7-13(10-12)29-2/h4-10,16,25H,1-3H3/b17-15+/t16-/m1/s1. The quantitative estimate of drug-likeness (QED) is 0.261. The van der Waals surface area contributed by atoms with Crippen LogP contribution in [0, 0.1) is 6.92 Å². The number of aromatic nitrogens is 1. The molecule has 8 nitrogen and oxygen atoms in total. The average Bonchev–Trinajstić information content (AvgIpc) is 3.52. The third-order valence-electron chi connectivity index (χ3n) is 4.96. The Hall–Kier alpha value is -3.50. The molecule has 0 spiro atoms. The third-order valence-corrected chi connectivity index (χ3v) is 7.02. The van der Waals surface area contributed by atoms with Gasteiger partial charge in [-0.05, 0) is 30.5 Å². The number of Topliss-reactive ketones (excluding diaryl/α,β-unsaturated/α-hetero) is 1. The third kappa shape index (κ3) is 3.57. The highest BCUT2D eigenvalue weighted by Gasteiger charge is 2.48. The molecule has 10 heteroatoms. The van der Waals surface area contributed by atoms with E-state index in [0.717, 1.165) is 11.3 Å². The van der Waals surface area contributed by atoms with E-state index in [9.17, 15) is 19.5 Å². The van der Waals surface area contributed by atoms with Gasteiger partial charge in [0.05, 0.1) is 25.5 Å². The molecule has 0 unspecified atom stereocenters. The lowest BCUT2D eigenvalue weighted by Gasteiger charge is -2.21. The number of ether oxygens (including phenoxy) is 2. The molecule has 3 aromatic rings. The smallest absolute Gasteiger partial charge is 0.350 e. The van der Waals surface area contributed by atoms with Crippen LogP contribution in [0.3, 0.4) is 0 Å². The van der Waals surface area contributed by atoms with Crippen molar-refractivity contribution >= 4 is 51.2 Å². The molecular formula is C22H18N2O6S2. The van der Waals surface area contributed by atoms with Crippen LogP contribution in [0.25, 0.3) is 5.76 Å². The summed E-state index contributed by atoms with van der Waals surface area (Å²) in [6.07, 6.45) is 0. The number of methoxy groups -OCH3 is 2. The van der Waals surface area contributed by atoms with Gasteiger partial charge in [0.2, 0.25) is 0 Å². The zero-order chi connectivity index (χ0) is 23.0. The highest BCUT2D eigenvalue weighted by molar-refractivity contribution is 7.18. The molecule has 3 heterocycles. The Bertz CT molecular complexity index is 1250. The van der Waals surface area contributed by atoms with E-state index in [-0.39, 0.29) is 21.3 Å². The second-order valence-corrected chi connectivity index (χ2v) is 8.78. The SMILES string of the molecule is COC(=O)c1sc(N2C(=O)C(=O)/C(=C(/O)c3cccc(OC)c3)[C@H]2c2cccs2)nc1C. The molecule has 0 bridgehead atoms. The molecule has 1 aliphatic rings. The number of aliphatic hydroxyl groups excluding tert-OH is 1. The van der Waals surface area contributed by atoms with Gasteiger partial charge in [-0.2, -0.15) is 0 Å². The molecule has 1 atom stereocenters. The molecule has 164 valence electrons. The number of carbonyl (C=O) groups excluding carboxylic acids is 3. The van der Waals surface area contributed by atoms with Gasteiger partial charge in [0.25, 0.3) is 5.78 Å². The van der Waals surface area contributed by atoms with Crippen LogP contribution in [0.5, 0.6) is 5.75 Å². The van der Waals surface area contributed by atoms with Gasteiger partial charge < -0.3 is 14.6 Å². The molecule has 32 heavy (non-hydrogen) atoms. The number of aryl methyl sites for hydroxylation is 1. The maximum atomic E-state index is 13.1. The maximum Gasteiger partial charge on any atom is 0.350 e. The van der Waals surface area contributed by atoms with Crippen molar-refractivity contribution in [1.29, 1.82) is 0 Å². The number of carbonyl (C=O) groups is 3. The summed E-state index contributed by atoms with van der Waals surface area (Å²) < 4.78 is 9.99. The monoisotopic (exact) mass is 470 g/mol. The number of hydrogen-bond acceptors (Lipinski definition) is 9. The molecular weight excluding hydrogens is 452 g/mol. The fraction of sp³-hybridized carbons (Fsp3) is 0.182. The Kier molecular flexibility index (Phi) is 5.81. The Balaban J connectivity index is 1.90. The number of rotatable bonds is 5. The number of hydrogen-bond donors (Lipinski definition) is 1. The molecule has 1 saturated heterocycles. The summed E-state index contributed by atoms with van der Waals surface area (Å²) in [4.78, 5) is 44.7. The van der Waals surface area contributed by atoms with Crippen molar-refractivity contribution in [2.75, 3.05) is 19.1 Å². The van der Waals surface area contributed by atoms with Crippen LogP contribution in [0.4, 0.5) is 5.13 Å². The van der Waals surface area contributed by atoms with Gasteiger partial charge in [-0.15, -0.1) is 11.3 Å². The van der Waals surface area contributed by atoms with Crippen molar-refractivity contribution in [3.05, 3.63) is 68.4 Å². The number of thiazole rings is 1. The molecule has 0 saturated carbocycles. The van der Waals surface area contributed by atoms with Crippen LogP contribution < -0.4 is 9.64 Å². The van der Waals surface area contributed by atoms with Crippen LogP contribution in [0.1, 0.15) is 31.8 Å². The summed E-state index contributed by atoms with van der Waals surface area (Å²) in [6.45, 7) is 1.62. The first-order valence-electron chi connectivity index (χ1n) is 9.42. The fourth-order valence-corrected chi connectivity index (χ4v) is 5.27. The minimum Gasteiger partial charge on any atom is -0.507 e. The van der Waals surface area contributed by atoms with Crippen LogP contribution in [-0.2, 0) is 14.3 Å². The second kappa shape index (κ2) is 8.56. The van der Waals surface area contributed by atoms with E-state index in [0.29, 0.717) is 21.9 Å². The molecule has 1 aromatic carbocycles. The largest absolute Gasteiger partial charge is 0.507 e. The summed E-state index contributed by atoms with van der Waals surface area (Å²) in [5.41, 5.74) is 0.670. The second-order valence-electron chi connectivity index (χ2n) is 6.82. The Morgan fingerprint density at radius 2 is 1.97 bits per heavy atom. The number of anilines is 1. The van der Waals surface area contributed by atoms with E-state index in [1.54, 1.807) is 43.3 Å². The number of esters is 1. The number of amides is 1. The molecule has 1 N–H and O–H groups in total. The van der Waals surface area contributed by atoms with Crippen molar-refractivity contribution in [3.8, 4) is 5.75 Å². The van der Waals surface area contributed by atoms with Crippen LogP contribution in [0.15, 0.2) is 47.4 Å². The lowest BCUT2D eigenvalue weighted by atomic mass is 10.00. The molecule has 4 rings (SSSR count). The number of nitrogens with zero attached hydrogens (tertiary/aromatic N) is 2. The highest BCUT2D eigenvalue weighted by Crippen LogP contribution is 2.45. The summed E-state index contributed by atoms with van der Waals surface area (Å²) >= 11 is 2.30. The summed E-state index contributed by atoms with van der Waals surface area (Å²) in [6, 6.07) is 9.26. The molecule has 1 aliphatic heterocycles. The van der Waals surface area contributed by atoms with Gasteiger partial charge in [-0.25, -0.2) is 9.78 Å². The van der Waals surface area contributed by atoms with E-state index in [2.05, 4.69) is 4.98 Å². The summed E-state index contributed by atoms with van der Waals surface area (Å²) in [5.74, 6) is -2.07. The van der Waals surface area contributed by atoms with Crippen molar-refractivity contribution in [1.82, 2.24) is 4.98 Å². The normalized spacial score (nSPS) is 17.6. The topological polar surface area (TPSA) is 106 Å². The van der Waals surface area contributed by atoms with Gasteiger partial charge in [0.1, 0.15) is 22.4 Å². The molecule has 0 radical (unpaired) electrons. The zero-order valence-electron chi connectivity index (χ0n) is 17.3. The van der Waals surface area contributed by atoms with Gasteiger partial charge in [-0.1, -0.05) is 29.5 Å². The number of benzene rings is 1. The van der Waals surface area contributed by atoms with E-state index < -0.39 is 23.7 Å². The number of thiophene rings is 1. The van der Waals surface area contributed by atoms with Gasteiger partial charge in [0.15, 0.2) is 5.13 Å². The Morgan fingerprint density at radius 1 is 1.19 bits per heavy atom. The first-order valence-corrected chi connectivity index (χ1v) is 11.1. The number of ketones is 1. The first kappa shape index (κ1) is 21.7. The zero-order valence-corrected chi connectivity index (χ0v) is 19.0. The first-order chi connectivity index (χ1) is 15.4. The fourth-order valence-electron chi connectivity index (χ4n) is 3.44. The van der Waals surface area contributed by atoms with Crippen molar-refractivity contribution in [3.63, 3.8) is 0 Å². The summed E-state index contributed by atoms with van der Waals surface area (Å²) in [7, 11) is 2.75. The molecule has 0 aliphatic carbocycles. The van der Waals surface area contributed by atoms with E-state index in [1.165, 1.54) is 30.5 Å². The minimum atomic E-state index is -0.891. The van der Waals surface area contributed by atoms with Crippen molar-refractivity contribution in [2.24, 2.45) is 0 Å². The maximum absolute atomic E-state index is 13.1. The predicted octanol–water partition coefficient (Wildman–Crippen LogP) is 3.93. The van der Waals surface area contributed by atoms with Gasteiger partial charge in [0, 0.05) is 10.4 Å². The molecule has 1 amide bonds. The van der Waals surface area contributed by atoms with Gasteiger partial charge >= 0.3 is 11.9 Å². The van der Waals surface area contributed by atoms with Crippen LogP contribution in [0.2, 0.25) is 0 Å². The number of aliphatic hydroxyl groups is 1. The summed E-state index contributed by atoms with van der Waals surface area (Å²) in [5, 5.41) is 13.1. The Labute approximate surface area is 191 Å². The minimum absolute atomic E-state index is 0.0572. The average molecular weight is 471 g/mol. The highest BCUT2D eigenvalue weighted by atomic mass is 32.1. The van der Waals surface area contributed by atoms with Crippen LogP contribution in [-0.4, -0.2) is 42.0 Å². The van der Waals surface area contributed by atoms with Crippen molar-refractivity contribution < 1.29 is 29.0 Å². The van der Waals surface area contributed by atoms with E-state index >= 15 is 0 Å². The van der Waals surface area contributed by atoms with E-state index in [4.69, 9.17) is 9.47 Å². The van der Waals surface area contributed by atoms with Crippen molar-refractivity contribution in [2.45, 2.75) is 13.0 Å². The van der Waals surface area contributed by atoms with Crippen LogP contribution >= 0.6 is 22.7 Å². The predicted molar refractivity (Wildman–Crippen MR) is 120 cm³/mol. The lowest BCUT2D eigenvalue weighted by molar-refractivity contribution is -0.132. The lowest BCUT2D eigenvalue weighted by Crippen LogP contribution is -2.29.